The second-order valence-electron chi connectivity index (χ2n) is 6.53. The number of hydrogen-bond donors (Lipinski definition) is 0. The highest BCUT2D eigenvalue weighted by molar-refractivity contribution is 7.99. The maximum absolute atomic E-state index is 12.7. The molecule has 0 amide bonds. The van der Waals surface area contributed by atoms with E-state index in [-0.39, 0.29) is 9.79 Å². The molecule has 0 N–H and O–H groups in total. The van der Waals surface area contributed by atoms with Crippen LogP contribution in [-0.4, -0.2) is 55.7 Å². The Balaban J connectivity index is 2.05. The lowest BCUT2D eigenvalue weighted by Gasteiger charge is -2.15. The van der Waals surface area contributed by atoms with Crippen molar-refractivity contribution in [1.29, 1.82) is 0 Å². The van der Waals surface area contributed by atoms with Gasteiger partial charge in [-0.25, -0.2) is 8.37 Å². The van der Waals surface area contributed by atoms with E-state index in [1.165, 1.54) is 12.5 Å². The molecule has 0 bridgehead atoms. The Labute approximate surface area is 232 Å². The molecule has 0 saturated carbocycles. The summed E-state index contributed by atoms with van der Waals surface area (Å²) in [5, 5.41) is 0. The van der Waals surface area contributed by atoms with Crippen LogP contribution in [0.1, 0.15) is 0 Å². The third-order valence-corrected chi connectivity index (χ3v) is 9.11. The van der Waals surface area contributed by atoms with Crippen LogP contribution in [0.4, 0.5) is 26.3 Å². The number of benzene rings is 2. The topological polar surface area (TPSA) is 141 Å². The van der Waals surface area contributed by atoms with Gasteiger partial charge in [-0.05, 0) is 36.8 Å². The van der Waals surface area contributed by atoms with Crippen LogP contribution in [0.25, 0.3) is 0 Å². The number of alkyl halides is 6. The minimum Gasteiger partial charge on any atom is -0.404 e. The fraction of sp³-hybridized carbons (Fsp3) is 0.333. The lowest BCUT2D eigenvalue weighted by Crippen LogP contribution is -2.20. The number of rotatable bonds is 14. The predicted octanol–water partition coefficient (Wildman–Crippen LogP) is 5.64. The van der Waals surface area contributed by atoms with Gasteiger partial charge >= 0.3 is 41.2 Å². The molecule has 0 aliphatic heterocycles. The van der Waals surface area contributed by atoms with Crippen LogP contribution in [0, 0.1) is 0 Å². The highest BCUT2D eigenvalue weighted by atomic mass is 32.2. The Hall–Kier alpha value is -1.84. The molecule has 0 spiro atoms. The van der Waals surface area contributed by atoms with Crippen LogP contribution in [0.2, 0.25) is 0 Å². The van der Waals surface area contributed by atoms with Gasteiger partial charge in [-0.15, -0.1) is 49.9 Å². The molecule has 40 heavy (non-hydrogen) atoms. The summed E-state index contributed by atoms with van der Waals surface area (Å²) < 4.78 is 163. The first kappa shape index (κ1) is 34.4. The van der Waals surface area contributed by atoms with Gasteiger partial charge in [0.25, 0.3) is 0 Å². The summed E-state index contributed by atoms with van der Waals surface area (Å²) in [4.78, 5) is -2.39. The van der Waals surface area contributed by atoms with Crippen molar-refractivity contribution in [3.8, 4) is 11.5 Å². The molecule has 0 atom stereocenters. The average molecular weight is 682 g/mol. The van der Waals surface area contributed by atoms with Gasteiger partial charge in [0, 0.05) is 14.4 Å². The van der Waals surface area contributed by atoms with Crippen LogP contribution in [0.15, 0.2) is 56.0 Å². The van der Waals surface area contributed by atoms with Gasteiger partial charge in [-0.2, -0.15) is 16.8 Å². The largest absolute Gasteiger partial charge is 0.702 e. The predicted molar refractivity (Wildman–Crippen MR) is 126 cm³/mol. The third-order valence-electron chi connectivity index (χ3n) is 4.00. The fourth-order valence-corrected chi connectivity index (χ4v) is 7.16. The Morgan fingerprint density at radius 2 is 1.05 bits per heavy atom. The highest BCUT2D eigenvalue weighted by Crippen LogP contribution is 2.39. The third kappa shape index (κ3) is 10.2. The monoisotopic (exact) mass is 681 g/mol. The maximum Gasteiger partial charge on any atom is 0.702 e. The molecular formula is C18H16F6O11PS4+. The Morgan fingerprint density at radius 3 is 1.35 bits per heavy atom. The summed E-state index contributed by atoms with van der Waals surface area (Å²) in [5.41, 5.74) is 0. The SMILES string of the molecule is CSc1cccc(OC(F)(F)F)c1S(=O)(=O)OCO[P+](=O)OCOS(=O)(=O)c1c(OC(F)(F)F)cccc1SC. The van der Waals surface area contributed by atoms with Gasteiger partial charge in [0.05, 0.1) is 0 Å². The zero-order valence-electron chi connectivity index (χ0n) is 19.7. The fourth-order valence-electron chi connectivity index (χ4n) is 2.63. The summed E-state index contributed by atoms with van der Waals surface area (Å²) in [5.74, 6) is -2.23. The van der Waals surface area contributed by atoms with E-state index in [0.717, 1.165) is 47.8 Å². The molecular weight excluding hydrogens is 665 g/mol. The zero-order valence-corrected chi connectivity index (χ0v) is 23.9. The molecule has 2 aromatic carbocycles. The zero-order chi connectivity index (χ0) is 30.4. The van der Waals surface area contributed by atoms with E-state index in [1.54, 1.807) is 0 Å². The van der Waals surface area contributed by atoms with E-state index in [1.807, 2.05) is 0 Å². The van der Waals surface area contributed by atoms with Crippen LogP contribution in [0.3, 0.4) is 0 Å². The molecule has 22 heteroatoms. The summed E-state index contributed by atoms with van der Waals surface area (Å²) in [6.45, 7) is -2.76. The van der Waals surface area contributed by atoms with E-state index in [0.29, 0.717) is 12.1 Å². The van der Waals surface area contributed by atoms with Crippen molar-refractivity contribution in [2.75, 3.05) is 26.1 Å². The van der Waals surface area contributed by atoms with Gasteiger partial charge in [0.2, 0.25) is 13.6 Å². The van der Waals surface area contributed by atoms with Crippen LogP contribution >= 0.6 is 31.8 Å². The first-order chi connectivity index (χ1) is 18.4. The van der Waals surface area contributed by atoms with Gasteiger partial charge in [0.15, 0.2) is 11.5 Å². The molecule has 0 fully saturated rings. The van der Waals surface area contributed by atoms with Crippen molar-refractivity contribution in [2.24, 2.45) is 0 Å². The second kappa shape index (κ2) is 13.9. The van der Waals surface area contributed by atoms with Crippen molar-refractivity contribution in [3.63, 3.8) is 0 Å². The minimum atomic E-state index is -5.24. The normalized spacial score (nSPS) is 12.8. The molecule has 0 aliphatic rings. The molecule has 224 valence electrons. The minimum absolute atomic E-state index is 0.194. The molecule has 0 saturated heterocycles. The Bertz CT molecular complexity index is 1310. The van der Waals surface area contributed by atoms with Crippen molar-refractivity contribution < 1.29 is 74.6 Å². The standard InChI is InChI=1S/C18H16F6O11PS4/c1-37-13-7-3-5-11(34-17(19,20)21)15(13)39(26,27)32-9-30-36(25)31-10-33-40(28,29)16-12(35-18(22,23)24)6-4-8-14(16)38-2/h3-8H,9-10H2,1-2H3/q+1. The Morgan fingerprint density at radius 1 is 0.700 bits per heavy atom. The summed E-state index contributed by atoms with van der Waals surface area (Å²) in [7, 11) is -13.4. The quantitative estimate of drug-likeness (QED) is 0.0799. The lowest BCUT2D eigenvalue weighted by atomic mass is 10.3. The van der Waals surface area contributed by atoms with Crippen LogP contribution in [0.5, 0.6) is 11.5 Å². The second-order valence-corrected chi connectivity index (χ2v) is 12.3. The smallest absolute Gasteiger partial charge is 0.404 e. The number of hydrogen-bond acceptors (Lipinski definition) is 13. The highest BCUT2D eigenvalue weighted by Gasteiger charge is 2.37. The van der Waals surface area contributed by atoms with Crippen LogP contribution in [-0.2, 0) is 42.2 Å². The molecule has 0 aliphatic carbocycles. The van der Waals surface area contributed by atoms with E-state index < -0.39 is 76.1 Å². The number of ether oxygens (including phenoxy) is 2. The number of thioether (sulfide) groups is 2. The molecule has 11 nitrogen and oxygen atoms in total. The van der Waals surface area contributed by atoms with Crippen molar-refractivity contribution >= 4 is 52.0 Å². The lowest BCUT2D eigenvalue weighted by molar-refractivity contribution is -0.276. The number of halogens is 6. The summed E-state index contributed by atoms with van der Waals surface area (Å²) in [6.07, 6.45) is -7.77. The molecule has 2 rings (SSSR count). The van der Waals surface area contributed by atoms with Gasteiger partial charge in [-0.3, -0.25) is 0 Å². The summed E-state index contributed by atoms with van der Waals surface area (Å²) in [6, 6.07) is 5.94. The molecule has 0 heterocycles. The molecule has 2 aromatic rings. The van der Waals surface area contributed by atoms with Gasteiger partial charge in [-0.1, -0.05) is 21.2 Å². The Kier molecular flexibility index (Phi) is 11.9. The average Bonchev–Trinajstić information content (AvgIpc) is 2.81. The molecule has 0 aromatic heterocycles. The first-order valence-corrected chi connectivity index (χ1v) is 16.1. The summed E-state index contributed by atoms with van der Waals surface area (Å²) >= 11 is 1.49. The van der Waals surface area contributed by atoms with Gasteiger partial charge in [0.1, 0.15) is 9.79 Å². The van der Waals surface area contributed by atoms with E-state index in [4.69, 9.17) is 0 Å². The van der Waals surface area contributed by atoms with Crippen LogP contribution < -0.4 is 9.47 Å². The van der Waals surface area contributed by atoms with Crippen molar-refractivity contribution in [2.45, 2.75) is 32.3 Å². The van der Waals surface area contributed by atoms with Gasteiger partial charge < -0.3 is 9.47 Å². The van der Waals surface area contributed by atoms with Crippen molar-refractivity contribution in [1.82, 2.24) is 0 Å². The van der Waals surface area contributed by atoms with Crippen molar-refractivity contribution in [3.05, 3.63) is 36.4 Å². The van der Waals surface area contributed by atoms with E-state index in [2.05, 4.69) is 26.9 Å². The van der Waals surface area contributed by atoms with E-state index in [9.17, 15) is 47.7 Å². The first-order valence-electron chi connectivity index (χ1n) is 9.77. The molecule has 0 unspecified atom stereocenters. The van der Waals surface area contributed by atoms with E-state index >= 15 is 0 Å². The molecule has 0 radical (unpaired) electrons. The maximum atomic E-state index is 12.7.